The Balaban J connectivity index is 0.000000979. The number of carbonyl (C=O) groups excluding carboxylic acids is 1. The molecule has 0 aliphatic carbocycles. The lowest BCUT2D eigenvalue weighted by Crippen LogP contribution is -2.40. The lowest BCUT2D eigenvalue weighted by molar-refractivity contribution is -0.135. The highest BCUT2D eigenvalue weighted by Gasteiger charge is 2.24. The summed E-state index contributed by atoms with van der Waals surface area (Å²) in [6, 6.07) is 4.17. The molecule has 1 fully saturated rings. The summed E-state index contributed by atoms with van der Waals surface area (Å²) in [7, 11) is 4.93. The van der Waals surface area contributed by atoms with Gasteiger partial charge in [0.25, 0.3) is 0 Å². The first-order chi connectivity index (χ1) is 20.1. The molecule has 10 nitrogen and oxygen atoms in total. The van der Waals surface area contributed by atoms with E-state index in [1.807, 2.05) is 26.0 Å². The van der Waals surface area contributed by atoms with Gasteiger partial charge in [0, 0.05) is 38.9 Å². The van der Waals surface area contributed by atoms with Crippen LogP contribution in [0.4, 0.5) is 5.69 Å². The number of nitrogens with one attached hydrogen (secondary N) is 3. The van der Waals surface area contributed by atoms with Gasteiger partial charge in [0.15, 0.2) is 5.88 Å². The largest absolute Gasteiger partial charge is 0.495 e. The molecule has 236 valence electrons. The third kappa shape index (κ3) is 13.7. The fraction of sp³-hybridized carbons (Fsp3) is 0.548. The Morgan fingerprint density at radius 2 is 2.07 bits per heavy atom. The first-order valence-electron chi connectivity index (χ1n) is 14.4. The number of carbonyl (C=O) groups is 2. The maximum absolute atomic E-state index is 12.8. The standard InChI is InChI=1S/C26H36ClN3O4.C3H7NO2.C2H6/c1-18-8-5-6-9-21-17-22(34-19(2)29-21)11-13-33-28-12-7-10-25(31)30(3)23-15-20(14-18)16-24(32-4)26(23)27;1-4-2-3(5)6;1-2/h5-6,8,15-16,21-22,28-29H,2,7,9-14,17H2,1,3-4H3;4H,2H2,1H3,(H,5,6);1-2H3/b6-5+,18-8+;;. The Bertz CT molecular complexity index is 1060. The van der Waals surface area contributed by atoms with Crippen LogP contribution in [-0.2, 0) is 25.6 Å². The lowest BCUT2D eigenvalue weighted by Gasteiger charge is -2.32. The third-order valence-corrected chi connectivity index (χ3v) is 6.70. The summed E-state index contributed by atoms with van der Waals surface area (Å²) in [4.78, 5) is 29.5. The van der Waals surface area contributed by atoms with Crippen LogP contribution in [0.2, 0.25) is 5.02 Å². The minimum atomic E-state index is -0.822. The molecule has 0 radical (unpaired) electrons. The Morgan fingerprint density at radius 1 is 1.33 bits per heavy atom. The van der Waals surface area contributed by atoms with E-state index in [1.54, 1.807) is 26.1 Å². The Kier molecular flexibility index (Phi) is 18.3. The van der Waals surface area contributed by atoms with Gasteiger partial charge in [-0.2, -0.15) is 0 Å². The molecule has 4 N–H and O–H groups in total. The molecule has 4 bridgehead atoms. The number of aliphatic carboxylic acids is 1. The molecule has 1 saturated heterocycles. The molecule has 0 spiro atoms. The van der Waals surface area contributed by atoms with Crippen LogP contribution in [0.25, 0.3) is 0 Å². The van der Waals surface area contributed by atoms with Crippen molar-refractivity contribution < 1.29 is 29.0 Å². The number of anilines is 1. The number of allylic oxidation sites excluding steroid dienone is 3. The zero-order valence-electron chi connectivity index (χ0n) is 25.9. The smallest absolute Gasteiger partial charge is 0.317 e. The van der Waals surface area contributed by atoms with E-state index in [-0.39, 0.29) is 24.6 Å². The quantitative estimate of drug-likeness (QED) is 0.376. The second kappa shape index (κ2) is 20.8. The molecule has 0 aromatic heterocycles. The van der Waals surface area contributed by atoms with Crippen LogP contribution < -0.4 is 25.8 Å². The molecule has 2 unspecified atom stereocenters. The molecule has 0 saturated carbocycles. The van der Waals surface area contributed by atoms with Crippen LogP contribution in [0, 0.1) is 0 Å². The van der Waals surface area contributed by atoms with Crippen molar-refractivity contribution in [1.29, 1.82) is 0 Å². The van der Waals surface area contributed by atoms with E-state index in [2.05, 4.69) is 47.8 Å². The van der Waals surface area contributed by atoms with Gasteiger partial charge < -0.3 is 35.0 Å². The van der Waals surface area contributed by atoms with E-state index >= 15 is 0 Å². The van der Waals surface area contributed by atoms with Gasteiger partial charge in [-0.15, -0.1) is 0 Å². The van der Waals surface area contributed by atoms with Crippen molar-refractivity contribution in [2.24, 2.45) is 0 Å². The van der Waals surface area contributed by atoms with E-state index in [9.17, 15) is 9.59 Å². The monoisotopic (exact) mass is 608 g/mol. The van der Waals surface area contributed by atoms with E-state index in [0.29, 0.717) is 48.3 Å². The van der Waals surface area contributed by atoms with Gasteiger partial charge in [-0.05, 0) is 57.5 Å². The minimum absolute atomic E-state index is 0.0170. The molecule has 1 amide bonds. The number of nitrogens with zero attached hydrogens (tertiary/aromatic N) is 1. The van der Waals surface area contributed by atoms with Crippen LogP contribution >= 0.6 is 11.6 Å². The number of benzene rings is 1. The lowest BCUT2D eigenvalue weighted by atomic mass is 10.0. The summed E-state index contributed by atoms with van der Waals surface area (Å²) in [5.41, 5.74) is 5.82. The normalized spacial score (nSPS) is 22.2. The Labute approximate surface area is 256 Å². The molecule has 2 atom stereocenters. The average molecular weight is 609 g/mol. The Morgan fingerprint density at radius 3 is 2.71 bits per heavy atom. The molecular formula is C31H49ClN4O6. The number of carboxylic acids is 1. The summed E-state index contributed by atoms with van der Waals surface area (Å²) in [6.45, 7) is 11.2. The van der Waals surface area contributed by atoms with E-state index < -0.39 is 5.97 Å². The number of ether oxygens (including phenoxy) is 2. The summed E-state index contributed by atoms with van der Waals surface area (Å²) in [5.74, 6) is 0.336. The second-order valence-corrected chi connectivity index (χ2v) is 10.1. The van der Waals surface area contributed by atoms with Crippen molar-refractivity contribution in [1.82, 2.24) is 16.1 Å². The molecular weight excluding hydrogens is 560 g/mol. The van der Waals surface area contributed by atoms with Gasteiger partial charge in [-0.1, -0.05) is 49.2 Å². The van der Waals surface area contributed by atoms with Crippen molar-refractivity contribution in [3.63, 3.8) is 0 Å². The molecule has 1 aromatic carbocycles. The number of fused-ring (bicyclic) bond motifs is 4. The van der Waals surface area contributed by atoms with Gasteiger partial charge in [0.1, 0.15) is 16.9 Å². The third-order valence-electron chi connectivity index (χ3n) is 6.32. The first kappa shape index (κ1) is 37.0. The molecule has 2 aliphatic rings. The molecule has 42 heavy (non-hydrogen) atoms. The van der Waals surface area contributed by atoms with Crippen molar-refractivity contribution >= 4 is 29.2 Å². The topological polar surface area (TPSA) is 121 Å². The SMILES string of the molecule is C=C1NC2C/C=C/C=C(\C)Cc3cc(OC)c(Cl)c(c3)N(C)C(=O)CCCNOCCC(C2)O1.CC.CNCC(=O)O. The van der Waals surface area contributed by atoms with Gasteiger partial charge in [-0.25, -0.2) is 5.48 Å². The summed E-state index contributed by atoms with van der Waals surface area (Å²) >= 11 is 6.55. The molecule has 1 aromatic rings. The highest BCUT2D eigenvalue weighted by Crippen LogP contribution is 2.36. The van der Waals surface area contributed by atoms with Gasteiger partial charge in [0.05, 0.1) is 25.9 Å². The number of rotatable bonds is 3. The number of likely N-dealkylation sites (N-methyl/N-ethyl adjacent to an activating group) is 1. The van der Waals surface area contributed by atoms with Crippen molar-refractivity contribution in [2.45, 2.75) is 71.4 Å². The van der Waals surface area contributed by atoms with Crippen LogP contribution in [0.1, 0.15) is 58.4 Å². The number of methoxy groups -OCH3 is 1. The molecule has 2 heterocycles. The fourth-order valence-electron chi connectivity index (χ4n) is 4.31. The number of hydrogen-bond acceptors (Lipinski definition) is 8. The number of carboxylic acid groups (broad SMARTS) is 1. The predicted molar refractivity (Wildman–Crippen MR) is 169 cm³/mol. The number of hydrogen-bond donors (Lipinski definition) is 4. The summed E-state index contributed by atoms with van der Waals surface area (Å²) in [5, 5.41) is 14.1. The van der Waals surface area contributed by atoms with Gasteiger partial charge in [-0.3, -0.25) is 9.59 Å². The highest BCUT2D eigenvalue weighted by atomic mass is 35.5. The Hall–Kier alpha value is -3.05. The van der Waals surface area contributed by atoms with Crippen LogP contribution in [-0.4, -0.2) is 70.0 Å². The van der Waals surface area contributed by atoms with Gasteiger partial charge in [0.2, 0.25) is 5.91 Å². The zero-order valence-corrected chi connectivity index (χ0v) is 26.7. The first-order valence-corrected chi connectivity index (χ1v) is 14.8. The zero-order chi connectivity index (χ0) is 31.5. The number of halogens is 1. The van der Waals surface area contributed by atoms with Gasteiger partial charge >= 0.3 is 5.97 Å². The summed E-state index contributed by atoms with van der Waals surface area (Å²) in [6.07, 6.45) is 10.7. The van der Waals surface area contributed by atoms with E-state index in [4.69, 9.17) is 31.0 Å². The van der Waals surface area contributed by atoms with Crippen molar-refractivity contribution in [3.05, 3.63) is 59.0 Å². The molecule has 2 aliphatic heterocycles. The van der Waals surface area contributed by atoms with Crippen LogP contribution in [0.15, 0.2) is 48.4 Å². The van der Waals surface area contributed by atoms with Crippen LogP contribution in [0.5, 0.6) is 5.75 Å². The number of amides is 1. The number of hydroxylamine groups is 1. The van der Waals surface area contributed by atoms with Crippen LogP contribution in [0.3, 0.4) is 0 Å². The maximum atomic E-state index is 12.8. The second-order valence-electron chi connectivity index (χ2n) is 9.74. The predicted octanol–water partition coefficient (Wildman–Crippen LogP) is 4.99. The average Bonchev–Trinajstić information content (AvgIpc) is 2.95. The molecule has 11 heteroatoms. The van der Waals surface area contributed by atoms with E-state index in [1.165, 1.54) is 5.57 Å². The maximum Gasteiger partial charge on any atom is 0.317 e. The minimum Gasteiger partial charge on any atom is -0.495 e. The highest BCUT2D eigenvalue weighted by molar-refractivity contribution is 6.35. The molecule has 3 rings (SSSR count). The van der Waals surface area contributed by atoms with E-state index in [0.717, 1.165) is 31.2 Å². The van der Waals surface area contributed by atoms with Crippen molar-refractivity contribution in [2.75, 3.05) is 45.8 Å². The summed E-state index contributed by atoms with van der Waals surface area (Å²) < 4.78 is 11.3. The van der Waals surface area contributed by atoms with Crippen molar-refractivity contribution in [3.8, 4) is 5.75 Å². The fourth-order valence-corrected chi connectivity index (χ4v) is 4.62.